The number of nitrogens with zero attached hydrogens (tertiary/aromatic N) is 4. The molecule has 150 valence electrons. The molecule has 0 aliphatic carbocycles. The lowest BCUT2D eigenvalue weighted by molar-refractivity contribution is -0.126. The van der Waals surface area contributed by atoms with Gasteiger partial charge in [-0.3, -0.25) is 14.5 Å². The first kappa shape index (κ1) is 19.6. The number of amides is 2. The van der Waals surface area contributed by atoms with Gasteiger partial charge < -0.3 is 4.90 Å². The largest absolute Gasteiger partial charge is 0.335 e. The average Bonchev–Trinajstić information content (AvgIpc) is 2.76. The van der Waals surface area contributed by atoms with Crippen LogP contribution in [0.5, 0.6) is 0 Å². The summed E-state index contributed by atoms with van der Waals surface area (Å²) in [6.45, 7) is 3.78. The van der Waals surface area contributed by atoms with E-state index in [9.17, 15) is 9.59 Å². The summed E-state index contributed by atoms with van der Waals surface area (Å²) < 4.78 is 0. The van der Waals surface area contributed by atoms with Crippen molar-refractivity contribution < 1.29 is 9.59 Å². The summed E-state index contributed by atoms with van der Waals surface area (Å²) in [5.41, 5.74) is 2.36. The van der Waals surface area contributed by atoms with Crippen LogP contribution in [0.15, 0.2) is 59.7 Å². The summed E-state index contributed by atoms with van der Waals surface area (Å²) in [6.07, 6.45) is 0.696. The molecular weight excluding hydrogens is 388 g/mol. The van der Waals surface area contributed by atoms with Crippen LogP contribution in [-0.4, -0.2) is 53.5 Å². The number of hydrogen-bond acceptors (Lipinski definition) is 4. The topological polar surface area (TPSA) is 56.2 Å². The van der Waals surface area contributed by atoms with E-state index in [-0.39, 0.29) is 11.8 Å². The summed E-state index contributed by atoms with van der Waals surface area (Å²) in [4.78, 5) is 29.4. The van der Waals surface area contributed by atoms with E-state index in [4.69, 9.17) is 11.6 Å². The van der Waals surface area contributed by atoms with Crippen LogP contribution in [0.25, 0.3) is 0 Å². The van der Waals surface area contributed by atoms with Crippen molar-refractivity contribution in [1.82, 2.24) is 9.80 Å². The summed E-state index contributed by atoms with van der Waals surface area (Å²) in [5.74, 6) is -0.148. The molecule has 0 atom stereocenters. The van der Waals surface area contributed by atoms with Crippen LogP contribution in [0.3, 0.4) is 0 Å². The van der Waals surface area contributed by atoms with Crippen molar-refractivity contribution in [2.45, 2.75) is 19.4 Å². The Hall–Kier alpha value is -2.70. The maximum Gasteiger partial charge on any atom is 0.270 e. The van der Waals surface area contributed by atoms with Crippen LogP contribution in [0.2, 0.25) is 5.02 Å². The third-order valence-electron chi connectivity index (χ3n) is 5.26. The smallest absolute Gasteiger partial charge is 0.270 e. The summed E-state index contributed by atoms with van der Waals surface area (Å²) in [7, 11) is 0. The van der Waals surface area contributed by atoms with E-state index >= 15 is 0 Å². The van der Waals surface area contributed by atoms with Crippen LogP contribution in [0, 0.1) is 0 Å². The van der Waals surface area contributed by atoms with Gasteiger partial charge in [-0.25, -0.2) is 5.01 Å². The highest BCUT2D eigenvalue weighted by Crippen LogP contribution is 2.21. The van der Waals surface area contributed by atoms with Gasteiger partial charge in [0.15, 0.2) is 0 Å². The third-order valence-corrected chi connectivity index (χ3v) is 5.51. The lowest BCUT2D eigenvalue weighted by Crippen LogP contribution is -2.51. The van der Waals surface area contributed by atoms with E-state index < -0.39 is 0 Å². The first-order chi connectivity index (χ1) is 14.1. The molecule has 0 radical (unpaired) electrons. The zero-order valence-corrected chi connectivity index (χ0v) is 16.9. The van der Waals surface area contributed by atoms with Gasteiger partial charge in [-0.1, -0.05) is 41.9 Å². The quantitative estimate of drug-likeness (QED) is 0.777. The highest BCUT2D eigenvalue weighted by atomic mass is 35.5. The lowest BCUT2D eigenvalue weighted by Gasteiger charge is -2.35. The molecular formula is C22H23ClN4O2. The molecule has 2 aromatic rings. The Morgan fingerprint density at radius 2 is 1.62 bits per heavy atom. The third kappa shape index (κ3) is 4.66. The Balaban J connectivity index is 1.37. The average molecular weight is 411 g/mol. The molecule has 0 aromatic heterocycles. The monoisotopic (exact) mass is 410 g/mol. The second-order valence-electron chi connectivity index (χ2n) is 7.28. The maximum atomic E-state index is 13.0. The molecule has 1 fully saturated rings. The minimum Gasteiger partial charge on any atom is -0.335 e. The van der Waals surface area contributed by atoms with Crippen LogP contribution in [0.1, 0.15) is 18.4 Å². The maximum absolute atomic E-state index is 13.0. The molecule has 6 nitrogen and oxygen atoms in total. The molecule has 2 aliphatic rings. The fourth-order valence-electron chi connectivity index (χ4n) is 3.62. The fraction of sp³-hybridized carbons (Fsp3) is 0.318. The molecule has 7 heteroatoms. The number of carbonyl (C=O) groups is 2. The second-order valence-corrected chi connectivity index (χ2v) is 7.72. The van der Waals surface area contributed by atoms with E-state index in [0.717, 1.165) is 24.7 Å². The van der Waals surface area contributed by atoms with Crippen molar-refractivity contribution in [3.63, 3.8) is 0 Å². The van der Waals surface area contributed by atoms with E-state index in [1.165, 1.54) is 10.6 Å². The molecule has 0 bridgehead atoms. The number of hydrazone groups is 1. The molecule has 1 saturated heterocycles. The normalized spacial score (nSPS) is 18.0. The zero-order valence-electron chi connectivity index (χ0n) is 16.1. The summed E-state index contributed by atoms with van der Waals surface area (Å²) in [5, 5.41) is 6.48. The molecule has 29 heavy (non-hydrogen) atoms. The van der Waals surface area contributed by atoms with Gasteiger partial charge in [0.2, 0.25) is 5.91 Å². The lowest BCUT2D eigenvalue weighted by atomic mass is 10.1. The van der Waals surface area contributed by atoms with Gasteiger partial charge in [0.1, 0.15) is 5.71 Å². The summed E-state index contributed by atoms with van der Waals surface area (Å²) >= 11 is 5.95. The van der Waals surface area contributed by atoms with Crippen molar-refractivity contribution in [2.75, 3.05) is 31.2 Å². The van der Waals surface area contributed by atoms with Crippen LogP contribution in [0.4, 0.5) is 5.69 Å². The van der Waals surface area contributed by atoms with Crippen molar-refractivity contribution in [2.24, 2.45) is 5.10 Å². The van der Waals surface area contributed by atoms with Crippen LogP contribution >= 0.6 is 11.6 Å². The minimum atomic E-state index is -0.0828. The van der Waals surface area contributed by atoms with Gasteiger partial charge >= 0.3 is 0 Å². The number of para-hydroxylation sites is 1. The first-order valence-corrected chi connectivity index (χ1v) is 10.2. The Morgan fingerprint density at radius 3 is 2.31 bits per heavy atom. The van der Waals surface area contributed by atoms with Gasteiger partial charge in [0.05, 0.1) is 5.69 Å². The number of piperazine rings is 1. The highest BCUT2D eigenvalue weighted by Gasteiger charge is 2.30. The predicted octanol–water partition coefficient (Wildman–Crippen LogP) is 3.17. The Morgan fingerprint density at radius 1 is 0.931 bits per heavy atom. The Labute approximate surface area is 175 Å². The van der Waals surface area contributed by atoms with E-state index in [2.05, 4.69) is 10.0 Å². The zero-order chi connectivity index (χ0) is 20.2. The van der Waals surface area contributed by atoms with Crippen molar-refractivity contribution >= 4 is 34.8 Å². The molecule has 0 N–H and O–H groups in total. The van der Waals surface area contributed by atoms with E-state index in [0.29, 0.717) is 37.3 Å². The second kappa shape index (κ2) is 8.76. The minimum absolute atomic E-state index is 0.0652. The first-order valence-electron chi connectivity index (χ1n) is 9.82. The van der Waals surface area contributed by atoms with Crippen LogP contribution < -0.4 is 5.01 Å². The molecule has 4 rings (SSSR count). The number of benzene rings is 2. The number of halogens is 1. The molecule has 2 heterocycles. The van der Waals surface area contributed by atoms with Gasteiger partial charge in [0.25, 0.3) is 5.91 Å². The fourth-order valence-corrected chi connectivity index (χ4v) is 3.74. The molecule has 2 aromatic carbocycles. The van der Waals surface area contributed by atoms with Crippen molar-refractivity contribution in [3.05, 3.63) is 65.2 Å². The highest BCUT2D eigenvalue weighted by molar-refractivity contribution is 6.40. The molecule has 2 amide bonds. The molecule has 0 spiro atoms. The number of rotatable bonds is 4. The number of anilines is 1. The summed E-state index contributed by atoms with van der Waals surface area (Å²) in [6, 6.07) is 17.1. The molecule has 2 aliphatic heterocycles. The van der Waals surface area contributed by atoms with Crippen LogP contribution in [-0.2, 0) is 16.1 Å². The Kier molecular flexibility index (Phi) is 5.92. The van der Waals surface area contributed by atoms with Crippen molar-refractivity contribution in [3.8, 4) is 0 Å². The van der Waals surface area contributed by atoms with Crippen molar-refractivity contribution in [1.29, 1.82) is 0 Å². The van der Waals surface area contributed by atoms with E-state index in [1.54, 1.807) is 0 Å². The predicted molar refractivity (Wildman–Crippen MR) is 114 cm³/mol. The van der Waals surface area contributed by atoms with Gasteiger partial charge in [0, 0.05) is 50.6 Å². The van der Waals surface area contributed by atoms with Gasteiger partial charge in [-0.2, -0.15) is 5.10 Å². The van der Waals surface area contributed by atoms with Gasteiger partial charge in [-0.15, -0.1) is 0 Å². The number of carbonyl (C=O) groups excluding carboxylic acids is 2. The van der Waals surface area contributed by atoms with E-state index in [1.807, 2.05) is 59.5 Å². The standard InChI is InChI=1S/C22H23ClN4O2/c23-18-8-6-17(7-9-18)16-25-12-14-26(15-13-25)22(29)20-10-11-21(28)27(24-20)19-4-2-1-3-5-19/h1-9H,10-16H2. The molecule has 0 saturated carbocycles. The van der Waals surface area contributed by atoms with Gasteiger partial charge in [-0.05, 0) is 29.8 Å². The molecule has 0 unspecified atom stereocenters. The Bertz CT molecular complexity index is 906. The SMILES string of the molecule is O=C(C1=NN(c2ccccc2)C(=O)CC1)N1CCN(Cc2ccc(Cl)cc2)CC1. The number of hydrogen-bond donors (Lipinski definition) is 0.